The second-order valence-electron chi connectivity index (χ2n) is 4.74. The SMILES string of the molecule is CC1CNCC1NC(=O)N1CCCCC1. The summed E-state index contributed by atoms with van der Waals surface area (Å²) in [6, 6.07) is 0.453. The lowest BCUT2D eigenvalue weighted by Crippen LogP contribution is -2.48. The van der Waals surface area contributed by atoms with Gasteiger partial charge in [-0.2, -0.15) is 0 Å². The first-order valence-corrected chi connectivity index (χ1v) is 6.03. The third kappa shape index (κ3) is 2.62. The van der Waals surface area contributed by atoms with Crippen LogP contribution in [0.5, 0.6) is 0 Å². The van der Waals surface area contributed by atoms with E-state index in [9.17, 15) is 4.79 Å². The number of urea groups is 1. The molecule has 2 saturated heterocycles. The van der Waals surface area contributed by atoms with E-state index in [4.69, 9.17) is 0 Å². The third-order valence-electron chi connectivity index (χ3n) is 3.47. The molecule has 86 valence electrons. The molecule has 0 aliphatic carbocycles. The molecule has 2 atom stereocenters. The molecule has 0 saturated carbocycles. The number of likely N-dealkylation sites (tertiary alicyclic amines) is 1. The molecule has 2 unspecified atom stereocenters. The second kappa shape index (κ2) is 4.84. The molecule has 0 aromatic rings. The van der Waals surface area contributed by atoms with Crippen molar-refractivity contribution in [3.8, 4) is 0 Å². The lowest BCUT2D eigenvalue weighted by molar-refractivity contribution is 0.181. The topological polar surface area (TPSA) is 44.4 Å². The van der Waals surface area contributed by atoms with Crippen LogP contribution in [0.25, 0.3) is 0 Å². The van der Waals surface area contributed by atoms with Gasteiger partial charge in [0.05, 0.1) is 0 Å². The van der Waals surface area contributed by atoms with E-state index in [1.807, 2.05) is 4.90 Å². The Morgan fingerprint density at radius 2 is 2.00 bits per heavy atom. The number of carbonyl (C=O) groups is 1. The van der Waals surface area contributed by atoms with Crippen molar-refractivity contribution in [2.75, 3.05) is 26.2 Å². The third-order valence-corrected chi connectivity index (χ3v) is 3.47. The van der Waals surface area contributed by atoms with E-state index in [1.165, 1.54) is 6.42 Å². The monoisotopic (exact) mass is 211 g/mol. The Hall–Kier alpha value is -0.770. The fourth-order valence-electron chi connectivity index (χ4n) is 2.35. The number of hydrogen-bond acceptors (Lipinski definition) is 2. The van der Waals surface area contributed by atoms with Crippen LogP contribution in [0.1, 0.15) is 26.2 Å². The summed E-state index contributed by atoms with van der Waals surface area (Å²) >= 11 is 0. The maximum Gasteiger partial charge on any atom is 0.317 e. The number of piperidine rings is 1. The van der Waals surface area contributed by atoms with Gasteiger partial charge in [-0.15, -0.1) is 0 Å². The maximum absolute atomic E-state index is 11.9. The van der Waals surface area contributed by atoms with Crippen LogP contribution in [-0.4, -0.2) is 43.2 Å². The van der Waals surface area contributed by atoms with Gasteiger partial charge in [-0.05, 0) is 31.7 Å². The predicted octanol–water partition coefficient (Wildman–Crippen LogP) is 0.790. The molecule has 2 fully saturated rings. The van der Waals surface area contributed by atoms with E-state index in [0.717, 1.165) is 39.0 Å². The summed E-state index contributed by atoms with van der Waals surface area (Å²) in [5.74, 6) is 0.554. The predicted molar refractivity (Wildman–Crippen MR) is 59.8 cm³/mol. The highest BCUT2D eigenvalue weighted by atomic mass is 16.2. The van der Waals surface area contributed by atoms with Crippen LogP contribution < -0.4 is 10.6 Å². The fraction of sp³-hybridized carbons (Fsp3) is 0.909. The standard InChI is InChI=1S/C11H21N3O/c1-9-7-12-8-10(9)13-11(15)14-5-3-2-4-6-14/h9-10,12H,2-8H2,1H3,(H,13,15). The number of nitrogens with one attached hydrogen (secondary N) is 2. The lowest BCUT2D eigenvalue weighted by Gasteiger charge is -2.29. The van der Waals surface area contributed by atoms with Gasteiger partial charge in [0.25, 0.3) is 0 Å². The molecule has 2 rings (SSSR count). The highest BCUT2D eigenvalue weighted by molar-refractivity contribution is 5.74. The molecule has 2 amide bonds. The first-order chi connectivity index (χ1) is 7.27. The summed E-state index contributed by atoms with van der Waals surface area (Å²) in [4.78, 5) is 13.8. The van der Waals surface area contributed by atoms with Gasteiger partial charge in [0.2, 0.25) is 0 Å². The zero-order chi connectivity index (χ0) is 10.7. The van der Waals surface area contributed by atoms with E-state index >= 15 is 0 Å². The van der Waals surface area contributed by atoms with Crippen LogP contribution in [0.4, 0.5) is 4.79 Å². The van der Waals surface area contributed by atoms with Gasteiger partial charge in [-0.1, -0.05) is 6.92 Å². The summed E-state index contributed by atoms with van der Waals surface area (Å²) < 4.78 is 0. The number of hydrogen-bond donors (Lipinski definition) is 2. The quantitative estimate of drug-likeness (QED) is 0.673. The summed E-state index contributed by atoms with van der Waals surface area (Å²) in [5.41, 5.74) is 0. The van der Waals surface area contributed by atoms with Crippen molar-refractivity contribution < 1.29 is 4.79 Å². The molecule has 0 aromatic carbocycles. The van der Waals surface area contributed by atoms with E-state index in [-0.39, 0.29) is 6.03 Å². The van der Waals surface area contributed by atoms with Crippen molar-refractivity contribution in [1.29, 1.82) is 0 Å². The zero-order valence-electron chi connectivity index (χ0n) is 9.46. The molecule has 15 heavy (non-hydrogen) atoms. The number of amides is 2. The van der Waals surface area contributed by atoms with Gasteiger partial charge in [0, 0.05) is 25.7 Å². The van der Waals surface area contributed by atoms with Crippen LogP contribution >= 0.6 is 0 Å². The molecule has 0 aromatic heterocycles. The van der Waals surface area contributed by atoms with Gasteiger partial charge < -0.3 is 15.5 Å². The first-order valence-electron chi connectivity index (χ1n) is 6.03. The molecular formula is C11H21N3O. The lowest BCUT2D eigenvalue weighted by atomic mass is 10.1. The van der Waals surface area contributed by atoms with Crippen LogP contribution in [0.15, 0.2) is 0 Å². The normalized spacial score (nSPS) is 31.7. The van der Waals surface area contributed by atoms with Crippen molar-refractivity contribution in [3.63, 3.8) is 0 Å². The Balaban J connectivity index is 1.80. The van der Waals surface area contributed by atoms with Crippen molar-refractivity contribution in [2.45, 2.75) is 32.2 Å². The summed E-state index contributed by atoms with van der Waals surface area (Å²) in [6.45, 7) is 5.98. The van der Waals surface area contributed by atoms with Gasteiger partial charge in [0.1, 0.15) is 0 Å². The van der Waals surface area contributed by atoms with Crippen molar-refractivity contribution in [3.05, 3.63) is 0 Å². The summed E-state index contributed by atoms with van der Waals surface area (Å²) in [7, 11) is 0. The van der Waals surface area contributed by atoms with E-state index in [0.29, 0.717) is 12.0 Å². The Labute approximate surface area is 91.4 Å². The minimum absolute atomic E-state index is 0.134. The molecule has 0 radical (unpaired) electrons. The second-order valence-corrected chi connectivity index (χ2v) is 4.74. The average Bonchev–Trinajstić information content (AvgIpc) is 2.66. The molecule has 2 heterocycles. The molecule has 0 spiro atoms. The maximum atomic E-state index is 11.9. The molecule has 2 N–H and O–H groups in total. The minimum Gasteiger partial charge on any atom is -0.334 e. The Morgan fingerprint density at radius 3 is 2.60 bits per heavy atom. The Bertz CT molecular complexity index is 226. The van der Waals surface area contributed by atoms with E-state index < -0.39 is 0 Å². The number of rotatable bonds is 1. The fourth-order valence-corrected chi connectivity index (χ4v) is 2.35. The highest BCUT2D eigenvalue weighted by Crippen LogP contribution is 2.11. The molecule has 2 aliphatic rings. The molecule has 2 aliphatic heterocycles. The van der Waals surface area contributed by atoms with Gasteiger partial charge in [0.15, 0.2) is 0 Å². The number of nitrogens with zero attached hydrogens (tertiary/aromatic N) is 1. The summed E-state index contributed by atoms with van der Waals surface area (Å²) in [5, 5.41) is 6.42. The van der Waals surface area contributed by atoms with Gasteiger partial charge >= 0.3 is 6.03 Å². The molecule has 4 nitrogen and oxygen atoms in total. The van der Waals surface area contributed by atoms with Crippen LogP contribution in [-0.2, 0) is 0 Å². The van der Waals surface area contributed by atoms with E-state index in [2.05, 4.69) is 17.6 Å². The number of carbonyl (C=O) groups excluding carboxylic acids is 1. The van der Waals surface area contributed by atoms with Crippen LogP contribution in [0, 0.1) is 5.92 Å². The minimum atomic E-state index is 0.134. The van der Waals surface area contributed by atoms with Crippen molar-refractivity contribution in [1.82, 2.24) is 15.5 Å². The zero-order valence-corrected chi connectivity index (χ0v) is 9.46. The van der Waals surface area contributed by atoms with Crippen molar-refractivity contribution >= 4 is 6.03 Å². The smallest absolute Gasteiger partial charge is 0.317 e. The molecular weight excluding hydrogens is 190 g/mol. The average molecular weight is 211 g/mol. The molecule has 4 heteroatoms. The van der Waals surface area contributed by atoms with Crippen molar-refractivity contribution in [2.24, 2.45) is 5.92 Å². The largest absolute Gasteiger partial charge is 0.334 e. The van der Waals surface area contributed by atoms with Crippen LogP contribution in [0.2, 0.25) is 0 Å². The van der Waals surface area contributed by atoms with Crippen LogP contribution in [0.3, 0.4) is 0 Å². The Kier molecular flexibility index (Phi) is 3.46. The highest BCUT2D eigenvalue weighted by Gasteiger charge is 2.26. The van der Waals surface area contributed by atoms with Gasteiger partial charge in [-0.25, -0.2) is 4.79 Å². The van der Waals surface area contributed by atoms with Gasteiger partial charge in [-0.3, -0.25) is 0 Å². The Morgan fingerprint density at radius 1 is 1.27 bits per heavy atom. The first kappa shape index (κ1) is 10.7. The summed E-state index contributed by atoms with van der Waals surface area (Å²) in [6.07, 6.45) is 3.59. The van der Waals surface area contributed by atoms with E-state index in [1.54, 1.807) is 0 Å². The molecule has 0 bridgehead atoms.